The standard InChI is InChI=1S/C16H17F2NO3/c17-12-5-4-8(6-13(12)18)10-7-11(10)15(20)19-14-3-1-2-9(14)16(21)22/h4-6,9-11,14H,1-3,7H2,(H,19,20)(H,21,22)/t9-,10?,11?,14+/m1/s1. The van der Waals surface area contributed by atoms with Crippen LogP contribution in [0.5, 0.6) is 0 Å². The summed E-state index contributed by atoms with van der Waals surface area (Å²) in [6.07, 6.45) is 2.63. The van der Waals surface area contributed by atoms with Gasteiger partial charge in [0.2, 0.25) is 5.91 Å². The van der Waals surface area contributed by atoms with E-state index in [1.807, 2.05) is 0 Å². The monoisotopic (exact) mass is 309 g/mol. The molecule has 2 fully saturated rings. The number of carbonyl (C=O) groups is 2. The lowest BCUT2D eigenvalue weighted by molar-refractivity contribution is -0.142. The van der Waals surface area contributed by atoms with Gasteiger partial charge in [-0.05, 0) is 42.9 Å². The Bertz CT molecular complexity index is 619. The quantitative estimate of drug-likeness (QED) is 0.898. The maximum absolute atomic E-state index is 13.2. The van der Waals surface area contributed by atoms with Gasteiger partial charge in [0, 0.05) is 12.0 Å². The van der Waals surface area contributed by atoms with Gasteiger partial charge in [-0.15, -0.1) is 0 Å². The molecule has 0 aromatic heterocycles. The number of aliphatic carboxylic acids is 1. The lowest BCUT2D eigenvalue weighted by atomic mass is 10.0. The van der Waals surface area contributed by atoms with Crippen LogP contribution in [0.3, 0.4) is 0 Å². The number of benzene rings is 1. The summed E-state index contributed by atoms with van der Waals surface area (Å²) in [5, 5.41) is 11.9. The average molecular weight is 309 g/mol. The topological polar surface area (TPSA) is 66.4 Å². The second kappa shape index (κ2) is 5.66. The highest BCUT2D eigenvalue weighted by molar-refractivity contribution is 5.84. The van der Waals surface area contributed by atoms with Crippen LogP contribution >= 0.6 is 0 Å². The SMILES string of the molecule is O=C(N[C@H]1CCC[C@H]1C(=O)O)C1CC1c1ccc(F)c(F)c1. The van der Waals surface area contributed by atoms with Crippen molar-refractivity contribution in [3.8, 4) is 0 Å². The summed E-state index contributed by atoms with van der Waals surface area (Å²) < 4.78 is 26.1. The van der Waals surface area contributed by atoms with E-state index in [4.69, 9.17) is 5.11 Å². The summed E-state index contributed by atoms with van der Waals surface area (Å²) in [7, 11) is 0. The molecule has 1 aromatic rings. The summed E-state index contributed by atoms with van der Waals surface area (Å²) in [5.41, 5.74) is 0.611. The molecule has 0 saturated heterocycles. The Hall–Kier alpha value is -1.98. The molecule has 0 radical (unpaired) electrons. The van der Waals surface area contributed by atoms with Crippen LogP contribution in [0.25, 0.3) is 0 Å². The number of nitrogens with one attached hydrogen (secondary N) is 1. The van der Waals surface area contributed by atoms with Crippen LogP contribution in [0.15, 0.2) is 18.2 Å². The molecule has 1 amide bonds. The molecular weight excluding hydrogens is 292 g/mol. The van der Waals surface area contributed by atoms with Gasteiger partial charge < -0.3 is 10.4 Å². The Morgan fingerprint density at radius 1 is 1.14 bits per heavy atom. The molecule has 2 N–H and O–H groups in total. The molecule has 0 spiro atoms. The van der Waals surface area contributed by atoms with Crippen molar-refractivity contribution in [2.24, 2.45) is 11.8 Å². The van der Waals surface area contributed by atoms with E-state index in [0.29, 0.717) is 24.8 Å². The minimum absolute atomic E-state index is 0.111. The Labute approximate surface area is 126 Å². The maximum atomic E-state index is 13.2. The zero-order valence-electron chi connectivity index (χ0n) is 11.9. The van der Waals surface area contributed by atoms with Gasteiger partial charge in [0.1, 0.15) is 0 Å². The second-order valence-corrected chi connectivity index (χ2v) is 6.11. The van der Waals surface area contributed by atoms with Crippen molar-refractivity contribution < 1.29 is 23.5 Å². The zero-order valence-corrected chi connectivity index (χ0v) is 11.9. The van der Waals surface area contributed by atoms with Crippen LogP contribution in [0.4, 0.5) is 8.78 Å². The Morgan fingerprint density at radius 2 is 1.91 bits per heavy atom. The predicted octanol–water partition coefficient (Wildman–Crippen LogP) is 2.44. The Balaban J connectivity index is 1.61. The first-order valence-electron chi connectivity index (χ1n) is 7.45. The van der Waals surface area contributed by atoms with Crippen LogP contribution in [0, 0.1) is 23.5 Å². The molecule has 4 atom stereocenters. The van der Waals surface area contributed by atoms with Gasteiger partial charge in [0.15, 0.2) is 11.6 Å². The minimum atomic E-state index is -0.912. The van der Waals surface area contributed by atoms with Crippen LogP contribution in [0.1, 0.15) is 37.2 Å². The number of carboxylic acids is 1. The van der Waals surface area contributed by atoms with Gasteiger partial charge >= 0.3 is 5.97 Å². The largest absolute Gasteiger partial charge is 0.481 e. The number of hydrogen-bond acceptors (Lipinski definition) is 2. The van der Waals surface area contributed by atoms with E-state index in [-0.39, 0.29) is 23.8 Å². The minimum Gasteiger partial charge on any atom is -0.481 e. The van der Waals surface area contributed by atoms with Gasteiger partial charge in [-0.2, -0.15) is 0 Å². The fourth-order valence-corrected chi connectivity index (χ4v) is 3.31. The van der Waals surface area contributed by atoms with Crippen LogP contribution in [-0.2, 0) is 9.59 Å². The molecule has 2 unspecified atom stereocenters. The molecule has 6 heteroatoms. The van der Waals surface area contributed by atoms with Crippen molar-refractivity contribution in [1.29, 1.82) is 0 Å². The van der Waals surface area contributed by atoms with E-state index in [9.17, 15) is 18.4 Å². The first kappa shape index (κ1) is 14.9. The number of hydrogen-bond donors (Lipinski definition) is 2. The van der Waals surface area contributed by atoms with Crippen molar-refractivity contribution in [2.45, 2.75) is 37.6 Å². The Morgan fingerprint density at radius 3 is 2.59 bits per heavy atom. The van der Waals surface area contributed by atoms with E-state index in [0.717, 1.165) is 18.6 Å². The number of rotatable bonds is 4. The van der Waals surface area contributed by atoms with Gasteiger partial charge in [0.05, 0.1) is 5.92 Å². The lowest BCUT2D eigenvalue weighted by Crippen LogP contribution is -2.41. The van der Waals surface area contributed by atoms with E-state index in [1.165, 1.54) is 6.07 Å². The highest BCUT2D eigenvalue weighted by Crippen LogP contribution is 2.48. The maximum Gasteiger partial charge on any atom is 0.308 e. The van der Waals surface area contributed by atoms with Crippen LogP contribution in [-0.4, -0.2) is 23.0 Å². The number of amides is 1. The molecule has 118 valence electrons. The van der Waals surface area contributed by atoms with Crippen molar-refractivity contribution in [1.82, 2.24) is 5.32 Å². The molecule has 0 bridgehead atoms. The molecule has 2 saturated carbocycles. The normalized spacial score (nSPS) is 30.1. The van der Waals surface area contributed by atoms with Gasteiger partial charge in [-0.3, -0.25) is 9.59 Å². The van der Waals surface area contributed by atoms with Crippen molar-refractivity contribution in [2.75, 3.05) is 0 Å². The summed E-state index contributed by atoms with van der Waals surface area (Å²) in [6.45, 7) is 0. The summed E-state index contributed by atoms with van der Waals surface area (Å²) >= 11 is 0. The highest BCUT2D eigenvalue weighted by Gasteiger charge is 2.46. The fraction of sp³-hybridized carbons (Fsp3) is 0.500. The molecule has 22 heavy (non-hydrogen) atoms. The fourth-order valence-electron chi connectivity index (χ4n) is 3.31. The molecule has 0 aliphatic heterocycles. The third kappa shape index (κ3) is 2.82. The molecule has 0 heterocycles. The second-order valence-electron chi connectivity index (χ2n) is 6.11. The van der Waals surface area contributed by atoms with E-state index < -0.39 is 23.5 Å². The van der Waals surface area contributed by atoms with Crippen molar-refractivity contribution >= 4 is 11.9 Å². The smallest absolute Gasteiger partial charge is 0.308 e. The molecule has 2 aliphatic rings. The first-order valence-corrected chi connectivity index (χ1v) is 7.45. The van der Waals surface area contributed by atoms with Crippen LogP contribution in [0.2, 0.25) is 0 Å². The summed E-state index contributed by atoms with van der Waals surface area (Å²) in [6, 6.07) is 3.36. The third-order valence-corrected chi connectivity index (χ3v) is 4.66. The highest BCUT2D eigenvalue weighted by atomic mass is 19.2. The van der Waals surface area contributed by atoms with Gasteiger partial charge in [0.25, 0.3) is 0 Å². The third-order valence-electron chi connectivity index (χ3n) is 4.66. The molecule has 4 nitrogen and oxygen atoms in total. The van der Waals surface area contributed by atoms with Crippen molar-refractivity contribution in [3.63, 3.8) is 0 Å². The van der Waals surface area contributed by atoms with Crippen LogP contribution < -0.4 is 5.32 Å². The number of carboxylic acid groups (broad SMARTS) is 1. The summed E-state index contributed by atoms with van der Waals surface area (Å²) in [4.78, 5) is 23.3. The molecule has 2 aliphatic carbocycles. The molecule has 3 rings (SSSR count). The lowest BCUT2D eigenvalue weighted by Gasteiger charge is -2.17. The average Bonchev–Trinajstić information content (AvgIpc) is 3.14. The first-order chi connectivity index (χ1) is 10.5. The van der Waals surface area contributed by atoms with E-state index in [1.54, 1.807) is 0 Å². The zero-order chi connectivity index (χ0) is 15.9. The predicted molar refractivity (Wildman–Crippen MR) is 74.1 cm³/mol. The van der Waals surface area contributed by atoms with E-state index in [2.05, 4.69) is 5.32 Å². The summed E-state index contributed by atoms with van der Waals surface area (Å²) in [5.74, 6) is -3.79. The number of carbonyl (C=O) groups excluding carboxylic acids is 1. The van der Waals surface area contributed by atoms with Gasteiger partial charge in [-0.25, -0.2) is 8.78 Å². The Kier molecular flexibility index (Phi) is 3.85. The van der Waals surface area contributed by atoms with Crippen molar-refractivity contribution in [3.05, 3.63) is 35.4 Å². The molecular formula is C16H17F2NO3. The number of halogens is 2. The van der Waals surface area contributed by atoms with Gasteiger partial charge in [-0.1, -0.05) is 12.5 Å². The molecule has 1 aromatic carbocycles. The van der Waals surface area contributed by atoms with E-state index >= 15 is 0 Å².